The Kier molecular flexibility index (Phi) is 5.33. The molecule has 5 nitrogen and oxygen atoms in total. The van der Waals surface area contributed by atoms with E-state index in [4.69, 9.17) is 16.6 Å². The van der Waals surface area contributed by atoms with Gasteiger partial charge in [-0.3, -0.25) is 10.1 Å². The first-order valence-electron chi connectivity index (χ1n) is 9.56. The average molecular weight is 416 g/mol. The molecule has 0 aliphatic carbocycles. The number of oxazole rings is 1. The minimum atomic E-state index is -0.243. The van der Waals surface area contributed by atoms with Gasteiger partial charge in [-0.05, 0) is 75.0 Å². The second-order valence-electron chi connectivity index (χ2n) is 7.30. The van der Waals surface area contributed by atoms with Crippen molar-refractivity contribution in [1.82, 2.24) is 10.3 Å². The van der Waals surface area contributed by atoms with Crippen LogP contribution >= 0.6 is 12.2 Å². The quantitative estimate of drug-likeness (QED) is 0.430. The van der Waals surface area contributed by atoms with Gasteiger partial charge in [0, 0.05) is 16.8 Å². The molecule has 0 aliphatic heterocycles. The van der Waals surface area contributed by atoms with Gasteiger partial charge < -0.3 is 9.73 Å². The number of amides is 1. The van der Waals surface area contributed by atoms with Crippen molar-refractivity contribution in [3.8, 4) is 11.5 Å². The third-order valence-corrected chi connectivity index (χ3v) is 4.94. The smallest absolute Gasteiger partial charge is 0.257 e. The number of nitrogens with one attached hydrogen (secondary N) is 2. The highest BCUT2D eigenvalue weighted by atomic mass is 32.1. The zero-order valence-corrected chi connectivity index (χ0v) is 17.8. The number of fused-ring (bicyclic) bond motifs is 1. The Morgan fingerprint density at radius 3 is 2.43 bits per heavy atom. The summed E-state index contributed by atoms with van der Waals surface area (Å²) in [5.41, 5.74) is 6.76. The van der Waals surface area contributed by atoms with Gasteiger partial charge in [0.15, 0.2) is 10.7 Å². The van der Waals surface area contributed by atoms with Gasteiger partial charge in [0.05, 0.1) is 0 Å². The molecule has 1 amide bonds. The Labute approximate surface area is 180 Å². The fourth-order valence-electron chi connectivity index (χ4n) is 3.32. The number of anilines is 1. The van der Waals surface area contributed by atoms with Crippen LogP contribution in [0.2, 0.25) is 0 Å². The zero-order chi connectivity index (χ0) is 21.3. The second kappa shape index (κ2) is 8.08. The lowest BCUT2D eigenvalue weighted by atomic mass is 10.1. The molecule has 0 radical (unpaired) electrons. The molecule has 0 aliphatic rings. The molecule has 2 N–H and O–H groups in total. The third kappa shape index (κ3) is 4.23. The van der Waals surface area contributed by atoms with Crippen LogP contribution in [0.1, 0.15) is 27.0 Å². The predicted octanol–water partition coefficient (Wildman–Crippen LogP) is 5.55. The summed E-state index contributed by atoms with van der Waals surface area (Å²) in [6.45, 7) is 5.88. The van der Waals surface area contributed by atoms with Gasteiger partial charge in [-0.1, -0.05) is 35.4 Å². The van der Waals surface area contributed by atoms with Crippen molar-refractivity contribution in [1.29, 1.82) is 0 Å². The Morgan fingerprint density at radius 1 is 0.967 bits per heavy atom. The van der Waals surface area contributed by atoms with Gasteiger partial charge in [-0.2, -0.15) is 0 Å². The maximum atomic E-state index is 12.6. The van der Waals surface area contributed by atoms with Crippen LogP contribution in [0.15, 0.2) is 65.1 Å². The van der Waals surface area contributed by atoms with Crippen LogP contribution < -0.4 is 10.6 Å². The van der Waals surface area contributed by atoms with Gasteiger partial charge in [-0.25, -0.2) is 4.98 Å². The van der Waals surface area contributed by atoms with E-state index in [1.165, 1.54) is 0 Å². The van der Waals surface area contributed by atoms with E-state index in [9.17, 15) is 4.79 Å². The number of thiocarbonyl (C=S) groups is 1. The van der Waals surface area contributed by atoms with Crippen LogP contribution in [0.5, 0.6) is 0 Å². The van der Waals surface area contributed by atoms with E-state index in [2.05, 4.69) is 15.6 Å². The number of hydrogen-bond acceptors (Lipinski definition) is 4. The average Bonchev–Trinajstić information content (AvgIpc) is 3.13. The largest absolute Gasteiger partial charge is 0.436 e. The van der Waals surface area contributed by atoms with Crippen molar-refractivity contribution in [2.24, 2.45) is 0 Å². The molecule has 0 spiro atoms. The van der Waals surface area contributed by atoms with Crippen LogP contribution in [0, 0.1) is 20.8 Å². The fraction of sp³-hybridized carbons (Fsp3) is 0.125. The number of para-hydroxylation sites is 2. The number of carbonyl (C=O) groups excluding carboxylic acids is 1. The van der Waals surface area contributed by atoms with Gasteiger partial charge in [-0.15, -0.1) is 0 Å². The molecule has 0 saturated heterocycles. The molecule has 1 aromatic heterocycles. The van der Waals surface area contributed by atoms with E-state index in [0.717, 1.165) is 39.0 Å². The van der Waals surface area contributed by atoms with E-state index in [1.807, 2.05) is 81.4 Å². The molecule has 0 atom stereocenters. The molecule has 0 unspecified atom stereocenters. The Hall–Kier alpha value is -3.51. The maximum absolute atomic E-state index is 12.6. The molecule has 0 saturated carbocycles. The van der Waals surface area contributed by atoms with Gasteiger partial charge in [0.25, 0.3) is 5.91 Å². The lowest BCUT2D eigenvalue weighted by Gasteiger charge is -2.13. The molecule has 30 heavy (non-hydrogen) atoms. The molecular formula is C24H21N3O2S. The first-order valence-corrected chi connectivity index (χ1v) is 9.97. The summed E-state index contributed by atoms with van der Waals surface area (Å²) in [7, 11) is 0. The minimum absolute atomic E-state index is 0.233. The maximum Gasteiger partial charge on any atom is 0.257 e. The predicted molar refractivity (Wildman–Crippen MR) is 124 cm³/mol. The van der Waals surface area contributed by atoms with Crippen molar-refractivity contribution in [2.45, 2.75) is 20.8 Å². The zero-order valence-electron chi connectivity index (χ0n) is 16.9. The molecule has 0 bridgehead atoms. The number of nitrogens with zero attached hydrogens (tertiary/aromatic N) is 1. The van der Waals surface area contributed by atoms with Crippen molar-refractivity contribution < 1.29 is 9.21 Å². The summed E-state index contributed by atoms with van der Waals surface area (Å²) >= 11 is 5.37. The lowest BCUT2D eigenvalue weighted by Crippen LogP contribution is -2.34. The molecule has 4 rings (SSSR count). The highest BCUT2D eigenvalue weighted by Gasteiger charge is 2.12. The van der Waals surface area contributed by atoms with Crippen LogP contribution in [0.3, 0.4) is 0 Å². The summed E-state index contributed by atoms with van der Waals surface area (Å²) < 4.78 is 5.86. The van der Waals surface area contributed by atoms with Crippen LogP contribution in [0.25, 0.3) is 22.6 Å². The summed E-state index contributed by atoms with van der Waals surface area (Å²) in [6.07, 6.45) is 0. The molecule has 150 valence electrons. The first-order chi connectivity index (χ1) is 14.4. The fourth-order valence-corrected chi connectivity index (χ4v) is 3.52. The van der Waals surface area contributed by atoms with Crippen molar-refractivity contribution >= 4 is 40.0 Å². The number of rotatable bonds is 3. The van der Waals surface area contributed by atoms with Crippen molar-refractivity contribution in [3.05, 3.63) is 82.9 Å². The van der Waals surface area contributed by atoms with Gasteiger partial charge in [0.1, 0.15) is 5.52 Å². The topological polar surface area (TPSA) is 67.2 Å². The van der Waals surface area contributed by atoms with E-state index in [-0.39, 0.29) is 11.0 Å². The van der Waals surface area contributed by atoms with Crippen molar-refractivity contribution in [2.75, 3.05) is 5.32 Å². The number of hydrogen-bond donors (Lipinski definition) is 2. The van der Waals surface area contributed by atoms with Crippen LogP contribution in [-0.2, 0) is 0 Å². The molecule has 3 aromatic carbocycles. The van der Waals surface area contributed by atoms with E-state index < -0.39 is 0 Å². The number of carbonyl (C=O) groups is 1. The second-order valence-corrected chi connectivity index (χ2v) is 7.71. The number of aromatic nitrogens is 1. The van der Waals surface area contributed by atoms with Crippen LogP contribution in [-0.4, -0.2) is 16.0 Å². The van der Waals surface area contributed by atoms with Crippen LogP contribution in [0.4, 0.5) is 5.69 Å². The SMILES string of the molecule is Cc1cc(C)cc(C(=O)NC(=S)Nc2cc(-c3nc4ccccc4o3)ccc2C)c1. The molecular weight excluding hydrogens is 394 g/mol. The van der Waals surface area contributed by atoms with E-state index in [0.29, 0.717) is 11.5 Å². The summed E-state index contributed by atoms with van der Waals surface area (Å²) in [6, 6.07) is 19.1. The molecule has 4 aromatic rings. The van der Waals surface area contributed by atoms with E-state index >= 15 is 0 Å². The lowest BCUT2D eigenvalue weighted by molar-refractivity contribution is 0.0977. The van der Waals surface area contributed by atoms with Gasteiger partial charge in [0.2, 0.25) is 5.89 Å². The Morgan fingerprint density at radius 2 is 1.70 bits per heavy atom. The normalized spacial score (nSPS) is 10.8. The summed E-state index contributed by atoms with van der Waals surface area (Å²) in [4.78, 5) is 17.1. The standard InChI is InChI=1S/C24H21N3O2S/c1-14-10-15(2)12-18(11-14)22(28)27-24(30)26-20-13-17(9-8-16(20)3)23-25-19-6-4-5-7-21(19)29-23/h4-13H,1-3H3,(H2,26,27,28,30). The molecule has 0 fully saturated rings. The minimum Gasteiger partial charge on any atom is -0.436 e. The summed E-state index contributed by atoms with van der Waals surface area (Å²) in [5.74, 6) is 0.288. The summed E-state index contributed by atoms with van der Waals surface area (Å²) in [5, 5.41) is 6.10. The van der Waals surface area contributed by atoms with E-state index in [1.54, 1.807) is 0 Å². The Bertz CT molecular complexity index is 1220. The van der Waals surface area contributed by atoms with Gasteiger partial charge >= 0.3 is 0 Å². The molecule has 1 heterocycles. The molecule has 6 heteroatoms. The number of benzene rings is 3. The Balaban J connectivity index is 1.53. The highest BCUT2D eigenvalue weighted by molar-refractivity contribution is 7.80. The highest BCUT2D eigenvalue weighted by Crippen LogP contribution is 2.28. The number of aryl methyl sites for hydroxylation is 3. The van der Waals surface area contributed by atoms with Crippen molar-refractivity contribution in [3.63, 3.8) is 0 Å². The monoisotopic (exact) mass is 415 g/mol. The third-order valence-electron chi connectivity index (χ3n) is 4.74. The first kappa shape index (κ1) is 19.8.